The molecule has 0 amide bonds. The summed E-state index contributed by atoms with van der Waals surface area (Å²) in [7, 11) is 0. The van der Waals surface area contributed by atoms with Crippen molar-refractivity contribution in [1.82, 2.24) is 0 Å². The highest BCUT2D eigenvalue weighted by Crippen LogP contribution is 2.40. The number of aliphatic carboxylic acids is 2. The van der Waals surface area contributed by atoms with Crippen LogP contribution < -0.4 is 9.47 Å². The molecule has 0 aliphatic heterocycles. The molecule has 276 valence electrons. The molecule has 5 rings (SSSR count). The third kappa shape index (κ3) is 8.90. The third-order valence-electron chi connectivity index (χ3n) is 10.1. The zero-order valence-corrected chi connectivity index (χ0v) is 31.2. The molecule has 8 nitrogen and oxygen atoms in total. The fraction of sp³-hybridized carbons (Fsp3) is 0.409. The van der Waals surface area contributed by atoms with Crippen LogP contribution >= 0.6 is 0 Å². The second-order valence-electron chi connectivity index (χ2n) is 15.1. The summed E-state index contributed by atoms with van der Waals surface area (Å²) >= 11 is 0. The van der Waals surface area contributed by atoms with Gasteiger partial charge in [-0.3, -0.25) is 9.59 Å². The van der Waals surface area contributed by atoms with E-state index in [2.05, 4.69) is 27.7 Å². The van der Waals surface area contributed by atoms with Gasteiger partial charge in [0.15, 0.2) is 0 Å². The Labute approximate surface area is 307 Å². The van der Waals surface area contributed by atoms with E-state index in [0.717, 1.165) is 35.1 Å². The van der Waals surface area contributed by atoms with E-state index in [0.29, 0.717) is 69.9 Å². The molecule has 2 unspecified atom stereocenters. The molecule has 0 saturated heterocycles. The number of hydrogen-bond acceptors (Lipinski definition) is 6. The highest BCUT2D eigenvalue weighted by atomic mass is 16.5. The molecule has 0 radical (unpaired) electrons. The van der Waals surface area contributed by atoms with Gasteiger partial charge in [0.25, 0.3) is 0 Å². The number of benzene rings is 4. The van der Waals surface area contributed by atoms with Crippen molar-refractivity contribution in [2.24, 2.45) is 11.8 Å². The molecule has 52 heavy (non-hydrogen) atoms. The maximum Gasteiger partial charge on any atom is 0.310 e. The number of phenolic OH excluding ortho intramolecular Hbond substituents is 2. The number of fused-ring (bicyclic) bond motifs is 8. The molecule has 8 bridgehead atoms. The summed E-state index contributed by atoms with van der Waals surface area (Å²) < 4.78 is 13.0. The lowest BCUT2D eigenvalue weighted by atomic mass is 9.87. The number of carboxylic acids is 2. The fourth-order valence-electron chi connectivity index (χ4n) is 6.72. The Bertz CT molecular complexity index is 1690. The van der Waals surface area contributed by atoms with Crippen LogP contribution in [-0.4, -0.2) is 45.6 Å². The van der Waals surface area contributed by atoms with Crippen molar-refractivity contribution in [3.8, 4) is 23.0 Å². The van der Waals surface area contributed by atoms with Crippen LogP contribution in [0, 0.1) is 11.8 Å². The number of rotatable bonds is 12. The molecule has 8 heteroatoms. The lowest BCUT2D eigenvalue weighted by Gasteiger charge is -2.22. The van der Waals surface area contributed by atoms with Crippen molar-refractivity contribution >= 4 is 11.9 Å². The number of ether oxygens (including phenoxy) is 2. The van der Waals surface area contributed by atoms with E-state index in [-0.39, 0.29) is 37.2 Å². The van der Waals surface area contributed by atoms with E-state index in [9.17, 15) is 30.0 Å². The standard InChI is InChI=1S/C44H52O8/c1-25(2)13-15-51-41-29-9-7-10-30(41)18-36-22-34(28(6)44(49)50)24-38(40(36)46)20-32-12-8-11-31(42(32)52-16-14-26(3)4)19-37-23-33(27(5)43(47)48)21-35(17-29)39(37)45/h7-12,21-28,45-46H,13-20H2,1-6H3,(H,47,48)(H,49,50). The number of aromatic hydroxyl groups is 2. The minimum absolute atomic E-state index is 0.0978. The highest BCUT2D eigenvalue weighted by Gasteiger charge is 2.25. The van der Waals surface area contributed by atoms with Crippen LogP contribution in [0.1, 0.15) is 122 Å². The van der Waals surface area contributed by atoms with Crippen molar-refractivity contribution in [2.75, 3.05) is 13.2 Å². The van der Waals surface area contributed by atoms with Gasteiger partial charge in [0, 0.05) is 25.7 Å². The lowest BCUT2D eigenvalue weighted by molar-refractivity contribution is -0.139. The Morgan fingerprint density at radius 1 is 0.538 bits per heavy atom. The average molecular weight is 709 g/mol. The maximum atomic E-state index is 12.2. The zero-order valence-electron chi connectivity index (χ0n) is 31.2. The normalized spacial score (nSPS) is 13.8. The van der Waals surface area contributed by atoms with Crippen LogP contribution in [0.4, 0.5) is 0 Å². The maximum absolute atomic E-state index is 12.2. The molecule has 0 fully saturated rings. The first-order valence-corrected chi connectivity index (χ1v) is 18.3. The fourth-order valence-corrected chi connectivity index (χ4v) is 6.72. The smallest absolute Gasteiger partial charge is 0.310 e. The van der Waals surface area contributed by atoms with Crippen LogP contribution in [-0.2, 0) is 35.3 Å². The van der Waals surface area contributed by atoms with Crippen LogP contribution in [0.2, 0.25) is 0 Å². The molecule has 0 saturated carbocycles. The minimum atomic E-state index is -0.957. The molecular weight excluding hydrogens is 656 g/mol. The molecule has 4 aromatic rings. The zero-order chi connectivity index (χ0) is 37.7. The number of hydrogen-bond donors (Lipinski definition) is 4. The Hall–Kier alpha value is -4.98. The van der Waals surface area contributed by atoms with Gasteiger partial charge in [-0.1, -0.05) is 88.4 Å². The predicted octanol–water partition coefficient (Wildman–Crippen LogP) is 9.00. The van der Waals surface area contributed by atoms with Gasteiger partial charge < -0.3 is 29.9 Å². The molecule has 0 aromatic heterocycles. The van der Waals surface area contributed by atoms with Gasteiger partial charge in [0.05, 0.1) is 25.0 Å². The largest absolute Gasteiger partial charge is 0.507 e. The van der Waals surface area contributed by atoms with E-state index in [1.807, 2.05) is 36.4 Å². The van der Waals surface area contributed by atoms with E-state index in [1.54, 1.807) is 38.1 Å². The average Bonchev–Trinajstić information content (AvgIpc) is 3.08. The van der Waals surface area contributed by atoms with Gasteiger partial charge in [-0.25, -0.2) is 0 Å². The Morgan fingerprint density at radius 2 is 0.827 bits per heavy atom. The van der Waals surface area contributed by atoms with E-state index in [1.165, 1.54) is 0 Å². The lowest BCUT2D eigenvalue weighted by Crippen LogP contribution is -2.12. The summed E-state index contributed by atoms with van der Waals surface area (Å²) in [6.07, 6.45) is 2.72. The quantitative estimate of drug-likeness (QED) is 0.101. The summed E-state index contributed by atoms with van der Waals surface area (Å²) in [6.45, 7) is 12.7. The SMILES string of the molecule is CC(C)CCOc1c2cccc1Cc1cc(C(C)C(=O)O)cc(c1O)Cc1cccc(c1OCCC(C)C)Cc1cc(C(C)C(=O)O)cc(c1O)C2. The summed E-state index contributed by atoms with van der Waals surface area (Å²) in [4.78, 5) is 24.5. The van der Waals surface area contributed by atoms with Gasteiger partial charge in [0.2, 0.25) is 0 Å². The number of para-hydroxylation sites is 2. The Kier molecular flexibility index (Phi) is 12.2. The van der Waals surface area contributed by atoms with Crippen molar-refractivity contribution < 1.29 is 39.5 Å². The van der Waals surface area contributed by atoms with Gasteiger partial charge in [-0.05, 0) is 94.2 Å². The minimum Gasteiger partial charge on any atom is -0.507 e. The predicted molar refractivity (Wildman–Crippen MR) is 202 cm³/mol. The first-order chi connectivity index (χ1) is 24.7. The van der Waals surface area contributed by atoms with E-state index >= 15 is 0 Å². The molecule has 4 N–H and O–H groups in total. The summed E-state index contributed by atoms with van der Waals surface area (Å²) in [5, 5.41) is 43.9. The van der Waals surface area contributed by atoms with Crippen LogP contribution in [0.25, 0.3) is 0 Å². The monoisotopic (exact) mass is 708 g/mol. The van der Waals surface area contributed by atoms with Crippen molar-refractivity contribution in [2.45, 2.75) is 91.9 Å². The number of carbonyl (C=O) groups is 2. The molecule has 2 atom stereocenters. The molecular formula is C44H52O8. The van der Waals surface area contributed by atoms with Crippen molar-refractivity contribution in [3.05, 3.63) is 116 Å². The second-order valence-corrected chi connectivity index (χ2v) is 15.1. The van der Waals surface area contributed by atoms with Gasteiger partial charge in [-0.15, -0.1) is 0 Å². The molecule has 0 heterocycles. The molecule has 4 aromatic carbocycles. The third-order valence-corrected chi connectivity index (χ3v) is 10.1. The molecule has 1 aliphatic rings. The summed E-state index contributed by atoms with van der Waals surface area (Å²) in [5.41, 5.74) is 6.75. The number of carboxylic acid groups (broad SMARTS) is 2. The second kappa shape index (κ2) is 16.6. The van der Waals surface area contributed by atoms with Crippen molar-refractivity contribution in [1.29, 1.82) is 0 Å². The Balaban J connectivity index is 1.79. The molecule has 0 spiro atoms. The first-order valence-electron chi connectivity index (χ1n) is 18.3. The summed E-state index contributed by atoms with van der Waals surface area (Å²) in [5.74, 6) is -1.25. The van der Waals surface area contributed by atoms with Gasteiger partial charge in [0.1, 0.15) is 23.0 Å². The van der Waals surface area contributed by atoms with Gasteiger partial charge in [-0.2, -0.15) is 0 Å². The topological polar surface area (TPSA) is 134 Å². The van der Waals surface area contributed by atoms with Gasteiger partial charge >= 0.3 is 11.9 Å². The van der Waals surface area contributed by atoms with E-state index in [4.69, 9.17) is 9.47 Å². The van der Waals surface area contributed by atoms with Crippen LogP contribution in [0.5, 0.6) is 23.0 Å². The van der Waals surface area contributed by atoms with Crippen molar-refractivity contribution in [3.63, 3.8) is 0 Å². The van der Waals surface area contributed by atoms with Crippen LogP contribution in [0.15, 0.2) is 60.7 Å². The number of phenols is 2. The Morgan fingerprint density at radius 3 is 1.08 bits per heavy atom. The summed E-state index contributed by atoms with van der Waals surface area (Å²) in [6, 6.07) is 18.7. The molecule has 1 aliphatic carbocycles. The van der Waals surface area contributed by atoms with Crippen LogP contribution in [0.3, 0.4) is 0 Å². The highest BCUT2D eigenvalue weighted by molar-refractivity contribution is 5.77. The first kappa shape index (κ1) is 38.3. The van der Waals surface area contributed by atoms with E-state index < -0.39 is 23.8 Å².